The maximum absolute atomic E-state index is 12.8. The summed E-state index contributed by atoms with van der Waals surface area (Å²) in [5, 5.41) is 3.05. The van der Waals surface area contributed by atoms with E-state index in [1.807, 2.05) is 19.2 Å². The van der Waals surface area contributed by atoms with Crippen molar-refractivity contribution in [3.05, 3.63) is 18.1 Å². The summed E-state index contributed by atoms with van der Waals surface area (Å²) in [5.74, 6) is 2.74. The molecule has 8 nitrogen and oxygen atoms in total. The highest BCUT2D eigenvalue weighted by Gasteiger charge is 2.49. The Morgan fingerprint density at radius 2 is 2.17 bits per heavy atom. The number of rotatable bonds is 6. The van der Waals surface area contributed by atoms with Crippen molar-refractivity contribution in [2.45, 2.75) is 51.1 Å². The lowest BCUT2D eigenvalue weighted by Crippen LogP contribution is -2.67. The van der Waals surface area contributed by atoms with Gasteiger partial charge >= 0.3 is 0 Å². The first-order valence-electron chi connectivity index (χ1n) is 10.7. The highest BCUT2D eigenvalue weighted by molar-refractivity contribution is 5.79. The zero-order chi connectivity index (χ0) is 20.4. The van der Waals surface area contributed by atoms with E-state index in [4.69, 9.17) is 4.74 Å². The van der Waals surface area contributed by atoms with Crippen LogP contribution in [0.5, 0.6) is 0 Å². The zero-order valence-corrected chi connectivity index (χ0v) is 17.3. The molecule has 8 heteroatoms. The van der Waals surface area contributed by atoms with Gasteiger partial charge < -0.3 is 19.9 Å². The molecule has 4 heterocycles. The van der Waals surface area contributed by atoms with E-state index in [1.165, 1.54) is 0 Å². The molecule has 1 aromatic heterocycles. The third-order valence-electron chi connectivity index (χ3n) is 6.62. The average Bonchev–Trinajstić information content (AvgIpc) is 2.72. The minimum Gasteiger partial charge on any atom is -0.384 e. The van der Waals surface area contributed by atoms with Crippen LogP contribution in [0, 0.1) is 18.8 Å². The smallest absolute Gasteiger partial charge is 0.223 e. The molecule has 2 bridgehead atoms. The van der Waals surface area contributed by atoms with Crippen molar-refractivity contribution in [3.63, 3.8) is 0 Å². The standard InChI is InChI=1S/C21H31N5O3/c1-14-22-8-6-19(24-14)25-12-15-10-16(13-25)18(11-23-20(27)7-9-29-2)26-17(15)4-3-5-21(26)28/h6,8,15-18H,3-5,7,9-13H2,1-2H3,(H,23,27)/t15-,16-,17-,18-/m0/s1. The van der Waals surface area contributed by atoms with Gasteiger partial charge in [0, 0.05) is 51.8 Å². The first kappa shape index (κ1) is 20.1. The number of nitrogens with zero attached hydrogens (tertiary/aromatic N) is 4. The van der Waals surface area contributed by atoms with E-state index in [9.17, 15) is 9.59 Å². The number of carbonyl (C=O) groups excluding carboxylic acids is 2. The van der Waals surface area contributed by atoms with Gasteiger partial charge in [-0.05, 0) is 44.1 Å². The molecule has 0 unspecified atom stereocenters. The number of carbonyl (C=O) groups is 2. The topological polar surface area (TPSA) is 87.7 Å². The van der Waals surface area contributed by atoms with Gasteiger partial charge in [0.05, 0.1) is 12.6 Å². The van der Waals surface area contributed by atoms with E-state index in [2.05, 4.69) is 25.1 Å². The van der Waals surface area contributed by atoms with Gasteiger partial charge in [-0.3, -0.25) is 9.59 Å². The van der Waals surface area contributed by atoms with Crippen LogP contribution in [0.4, 0.5) is 5.82 Å². The van der Waals surface area contributed by atoms with E-state index in [1.54, 1.807) is 7.11 Å². The highest BCUT2D eigenvalue weighted by Crippen LogP contribution is 2.42. The number of aromatic nitrogens is 2. The molecule has 4 rings (SSSR count). The average molecular weight is 402 g/mol. The van der Waals surface area contributed by atoms with Gasteiger partial charge in [-0.25, -0.2) is 9.97 Å². The van der Waals surface area contributed by atoms with Crippen molar-refractivity contribution < 1.29 is 14.3 Å². The van der Waals surface area contributed by atoms with E-state index >= 15 is 0 Å². The van der Waals surface area contributed by atoms with Crippen LogP contribution in [-0.4, -0.2) is 72.1 Å². The molecule has 4 atom stereocenters. The van der Waals surface area contributed by atoms with Crippen LogP contribution in [0.1, 0.15) is 37.9 Å². The van der Waals surface area contributed by atoms with Crippen LogP contribution >= 0.6 is 0 Å². The maximum Gasteiger partial charge on any atom is 0.223 e. The van der Waals surface area contributed by atoms with Gasteiger partial charge in [0.2, 0.25) is 11.8 Å². The second kappa shape index (κ2) is 8.65. The number of hydrogen-bond acceptors (Lipinski definition) is 6. The molecule has 3 aliphatic heterocycles. The molecule has 0 saturated carbocycles. The summed E-state index contributed by atoms with van der Waals surface area (Å²) < 4.78 is 5.00. The summed E-state index contributed by atoms with van der Waals surface area (Å²) in [6.45, 7) is 4.61. The van der Waals surface area contributed by atoms with Crippen LogP contribution in [0.3, 0.4) is 0 Å². The second-order valence-electron chi connectivity index (χ2n) is 8.50. The Morgan fingerprint density at radius 3 is 2.97 bits per heavy atom. The van der Waals surface area contributed by atoms with Crippen molar-refractivity contribution >= 4 is 17.6 Å². The molecule has 3 fully saturated rings. The van der Waals surface area contributed by atoms with Crippen LogP contribution < -0.4 is 10.2 Å². The Hall–Kier alpha value is -2.22. The van der Waals surface area contributed by atoms with Crippen LogP contribution in [0.25, 0.3) is 0 Å². The van der Waals surface area contributed by atoms with Gasteiger partial charge in [0.15, 0.2) is 0 Å². The molecule has 29 heavy (non-hydrogen) atoms. The SMILES string of the molecule is COCCC(=O)NC[C@H]1[C@H]2C[C@@H](CN(c3ccnc(C)n3)C2)[C@@H]2CCCC(=O)N21. The van der Waals surface area contributed by atoms with E-state index < -0.39 is 0 Å². The quantitative estimate of drug-likeness (QED) is 0.769. The molecular weight excluding hydrogens is 370 g/mol. The molecule has 0 aromatic carbocycles. The normalized spacial score (nSPS) is 28.8. The largest absolute Gasteiger partial charge is 0.384 e. The summed E-state index contributed by atoms with van der Waals surface area (Å²) in [7, 11) is 1.59. The highest BCUT2D eigenvalue weighted by atomic mass is 16.5. The third kappa shape index (κ3) is 4.22. The Balaban J connectivity index is 1.53. The fourth-order valence-electron chi connectivity index (χ4n) is 5.35. The first-order valence-corrected chi connectivity index (χ1v) is 10.7. The summed E-state index contributed by atoms with van der Waals surface area (Å²) in [6, 6.07) is 2.28. The van der Waals surface area contributed by atoms with Crippen molar-refractivity contribution in [2.75, 3.05) is 38.3 Å². The predicted octanol–water partition coefficient (Wildman–Crippen LogP) is 1.14. The number of amides is 2. The Morgan fingerprint density at radius 1 is 1.34 bits per heavy atom. The van der Waals surface area contributed by atoms with Crippen molar-refractivity contribution in [3.8, 4) is 0 Å². The van der Waals surface area contributed by atoms with Crippen LogP contribution in [-0.2, 0) is 14.3 Å². The first-order chi connectivity index (χ1) is 14.1. The van der Waals surface area contributed by atoms with Crippen LogP contribution in [0.2, 0.25) is 0 Å². The number of methoxy groups -OCH3 is 1. The number of hydrogen-bond donors (Lipinski definition) is 1. The predicted molar refractivity (Wildman–Crippen MR) is 108 cm³/mol. The lowest BCUT2D eigenvalue weighted by Gasteiger charge is -2.56. The molecule has 0 radical (unpaired) electrons. The summed E-state index contributed by atoms with van der Waals surface area (Å²) in [6.07, 6.45) is 5.90. The minimum atomic E-state index is -0.0194. The minimum absolute atomic E-state index is 0.0194. The number of nitrogens with one attached hydrogen (secondary N) is 1. The summed E-state index contributed by atoms with van der Waals surface area (Å²) in [4.78, 5) is 38.3. The molecule has 158 valence electrons. The van der Waals surface area contributed by atoms with E-state index in [0.29, 0.717) is 37.8 Å². The molecule has 1 aromatic rings. The fourth-order valence-corrected chi connectivity index (χ4v) is 5.35. The van der Waals surface area contributed by atoms with Crippen LogP contribution in [0.15, 0.2) is 12.3 Å². The number of fused-ring (bicyclic) bond motifs is 4. The van der Waals surface area contributed by atoms with Gasteiger partial charge in [-0.1, -0.05) is 0 Å². The van der Waals surface area contributed by atoms with E-state index in [0.717, 1.165) is 44.0 Å². The van der Waals surface area contributed by atoms with Crippen molar-refractivity contribution in [2.24, 2.45) is 11.8 Å². The van der Waals surface area contributed by atoms with Gasteiger partial charge in [-0.2, -0.15) is 0 Å². The summed E-state index contributed by atoms with van der Waals surface area (Å²) >= 11 is 0. The molecule has 2 amide bonds. The number of anilines is 1. The zero-order valence-electron chi connectivity index (χ0n) is 17.3. The second-order valence-corrected chi connectivity index (χ2v) is 8.50. The van der Waals surface area contributed by atoms with Gasteiger partial charge in [-0.15, -0.1) is 0 Å². The van der Waals surface area contributed by atoms with E-state index in [-0.39, 0.29) is 23.9 Å². The monoisotopic (exact) mass is 401 g/mol. The molecule has 0 aliphatic carbocycles. The number of aryl methyl sites for hydroxylation is 1. The lowest BCUT2D eigenvalue weighted by molar-refractivity contribution is -0.149. The molecule has 3 saturated heterocycles. The molecule has 0 spiro atoms. The molecule has 3 aliphatic rings. The number of ether oxygens (including phenoxy) is 1. The molecular formula is C21H31N5O3. The lowest BCUT2D eigenvalue weighted by atomic mass is 9.72. The Labute approximate surface area is 172 Å². The number of piperidine rings is 3. The van der Waals surface area contributed by atoms with Gasteiger partial charge in [0.25, 0.3) is 0 Å². The third-order valence-corrected chi connectivity index (χ3v) is 6.62. The summed E-state index contributed by atoms with van der Waals surface area (Å²) in [5.41, 5.74) is 0. The Bertz CT molecular complexity index is 758. The maximum atomic E-state index is 12.8. The van der Waals surface area contributed by atoms with Crippen molar-refractivity contribution in [1.29, 1.82) is 0 Å². The molecule has 1 N–H and O–H groups in total. The van der Waals surface area contributed by atoms with Crippen molar-refractivity contribution in [1.82, 2.24) is 20.2 Å². The Kier molecular flexibility index (Phi) is 5.99. The fraction of sp³-hybridized carbons (Fsp3) is 0.714. The van der Waals surface area contributed by atoms with Gasteiger partial charge in [0.1, 0.15) is 11.6 Å².